The number of aromatic amines is 1. The number of benzene rings is 2. The number of aryl methyl sites for hydroxylation is 2. The Morgan fingerprint density at radius 2 is 1.70 bits per heavy atom. The molecule has 0 aliphatic heterocycles. The van der Waals surface area contributed by atoms with Gasteiger partial charge in [0.15, 0.2) is 0 Å². The Hall–Kier alpha value is -3.22. The van der Waals surface area contributed by atoms with Crippen molar-refractivity contribution >= 4 is 11.0 Å². The number of phenolic OH excluding ortho intramolecular Hbond substituents is 1. The lowest BCUT2D eigenvalue weighted by Crippen LogP contribution is -2.16. The summed E-state index contributed by atoms with van der Waals surface area (Å²) in [5, 5.41) is 12.0. The zero-order valence-corrected chi connectivity index (χ0v) is 19.2. The van der Waals surface area contributed by atoms with Gasteiger partial charge in [0.2, 0.25) is 0 Å². The van der Waals surface area contributed by atoms with Crippen molar-refractivity contribution in [3.63, 3.8) is 0 Å². The summed E-state index contributed by atoms with van der Waals surface area (Å²) in [5.74, 6) is 1.32. The molecule has 2 heterocycles. The monoisotopic (exact) mass is 445 g/mol. The van der Waals surface area contributed by atoms with Crippen LogP contribution in [0.3, 0.4) is 0 Å². The number of rotatable bonds is 6. The van der Waals surface area contributed by atoms with Crippen LogP contribution in [0.2, 0.25) is 0 Å². The van der Waals surface area contributed by atoms with Crippen molar-refractivity contribution in [3.05, 3.63) is 90.0 Å². The SMILES string of the molecule is NCCCCNCc1nc2ccccc2[nH]1.Oc1ccccc1.c1cnc2c(c1)CCCC2. The smallest absolute Gasteiger partial charge is 0.121 e. The molecule has 2 aromatic heterocycles. The zero-order valence-electron chi connectivity index (χ0n) is 19.2. The van der Waals surface area contributed by atoms with Crippen LogP contribution in [0.5, 0.6) is 5.75 Å². The fourth-order valence-corrected chi connectivity index (χ4v) is 3.65. The Labute approximate surface area is 196 Å². The highest BCUT2D eigenvalue weighted by atomic mass is 16.3. The van der Waals surface area contributed by atoms with Crippen molar-refractivity contribution < 1.29 is 5.11 Å². The predicted octanol–water partition coefficient (Wildman–Crippen LogP) is 4.74. The Morgan fingerprint density at radius 3 is 2.42 bits per heavy atom. The number of phenols is 1. The first-order chi connectivity index (χ1) is 16.3. The highest BCUT2D eigenvalue weighted by Gasteiger charge is 2.07. The first-order valence-electron chi connectivity index (χ1n) is 11.8. The number of aromatic nitrogens is 3. The molecule has 0 fully saturated rings. The molecular weight excluding hydrogens is 410 g/mol. The Kier molecular flexibility index (Phi) is 10.4. The standard InChI is InChI=1S/C12H18N4.C9H11N.C6H6O/c13-7-3-4-8-14-9-12-15-10-5-1-2-6-11(10)16-12;1-2-6-9-8(4-1)5-3-7-10-9;7-6-4-2-1-3-5-6/h1-2,5-6,14H,3-4,7-9,13H2,(H,15,16);3,5,7H,1-2,4,6H2;1-5,7H. The van der Waals surface area contributed by atoms with E-state index in [-0.39, 0.29) is 0 Å². The van der Waals surface area contributed by atoms with Crippen molar-refractivity contribution in [2.45, 2.75) is 45.1 Å². The Morgan fingerprint density at radius 1 is 0.909 bits per heavy atom. The molecule has 0 radical (unpaired) electrons. The summed E-state index contributed by atoms with van der Waals surface area (Å²) in [6.45, 7) is 2.56. The molecule has 6 heteroatoms. The van der Waals surface area contributed by atoms with E-state index in [1.54, 1.807) is 24.3 Å². The molecule has 174 valence electrons. The molecule has 0 unspecified atom stereocenters. The summed E-state index contributed by atoms with van der Waals surface area (Å²) in [6, 6.07) is 21.0. The van der Waals surface area contributed by atoms with Gasteiger partial charge in [0, 0.05) is 11.9 Å². The number of nitrogens with zero attached hydrogens (tertiary/aromatic N) is 2. The number of para-hydroxylation sites is 3. The summed E-state index contributed by atoms with van der Waals surface area (Å²) >= 11 is 0. The molecule has 2 aromatic carbocycles. The van der Waals surface area contributed by atoms with Crippen LogP contribution >= 0.6 is 0 Å². The van der Waals surface area contributed by atoms with Crippen molar-refractivity contribution in [3.8, 4) is 5.75 Å². The largest absolute Gasteiger partial charge is 0.508 e. The van der Waals surface area contributed by atoms with Gasteiger partial charge in [0.05, 0.1) is 17.6 Å². The van der Waals surface area contributed by atoms with Crippen LogP contribution in [-0.4, -0.2) is 33.1 Å². The number of fused-ring (bicyclic) bond motifs is 2. The number of nitrogens with one attached hydrogen (secondary N) is 2. The molecule has 1 aliphatic rings. The van der Waals surface area contributed by atoms with Gasteiger partial charge < -0.3 is 21.1 Å². The summed E-state index contributed by atoms with van der Waals surface area (Å²) in [7, 11) is 0. The van der Waals surface area contributed by atoms with E-state index < -0.39 is 0 Å². The number of nitrogens with two attached hydrogens (primary N) is 1. The van der Waals surface area contributed by atoms with Crippen LogP contribution in [0.4, 0.5) is 0 Å². The van der Waals surface area contributed by atoms with Gasteiger partial charge in [0.25, 0.3) is 0 Å². The third-order valence-electron chi connectivity index (χ3n) is 5.39. The second-order valence-electron chi connectivity index (χ2n) is 8.03. The van der Waals surface area contributed by atoms with Gasteiger partial charge in [-0.15, -0.1) is 0 Å². The van der Waals surface area contributed by atoms with Crippen molar-refractivity contribution in [1.82, 2.24) is 20.3 Å². The number of H-pyrrole nitrogens is 1. The van der Waals surface area contributed by atoms with Gasteiger partial charge in [-0.1, -0.05) is 36.4 Å². The van der Waals surface area contributed by atoms with Crippen LogP contribution in [0, 0.1) is 0 Å². The molecular formula is C27H35N5O. The second kappa shape index (κ2) is 14.0. The molecule has 0 saturated carbocycles. The van der Waals surface area contributed by atoms with E-state index >= 15 is 0 Å². The average molecular weight is 446 g/mol. The topological polar surface area (TPSA) is 99.8 Å². The van der Waals surface area contributed by atoms with Gasteiger partial charge in [-0.3, -0.25) is 4.98 Å². The summed E-state index contributed by atoms with van der Waals surface area (Å²) in [4.78, 5) is 12.1. The molecule has 0 bridgehead atoms. The van der Waals surface area contributed by atoms with E-state index in [1.165, 1.54) is 36.9 Å². The fourth-order valence-electron chi connectivity index (χ4n) is 3.65. The molecule has 0 saturated heterocycles. The lowest BCUT2D eigenvalue weighted by atomic mass is 9.96. The summed E-state index contributed by atoms with van der Waals surface area (Å²) in [5.41, 5.74) is 10.3. The van der Waals surface area contributed by atoms with Crippen LogP contribution in [0.15, 0.2) is 72.9 Å². The highest BCUT2D eigenvalue weighted by Crippen LogP contribution is 2.17. The van der Waals surface area contributed by atoms with Crippen LogP contribution in [0.1, 0.15) is 42.8 Å². The number of hydrogen-bond acceptors (Lipinski definition) is 5. The molecule has 4 aromatic rings. The van der Waals surface area contributed by atoms with E-state index in [1.807, 2.05) is 42.6 Å². The van der Waals surface area contributed by atoms with Crippen LogP contribution < -0.4 is 11.1 Å². The number of pyridine rings is 1. The third kappa shape index (κ3) is 8.67. The summed E-state index contributed by atoms with van der Waals surface area (Å²) < 4.78 is 0. The van der Waals surface area contributed by atoms with E-state index in [0.29, 0.717) is 5.75 Å². The Bertz CT molecular complexity index is 1010. The van der Waals surface area contributed by atoms with Crippen LogP contribution in [-0.2, 0) is 19.4 Å². The maximum Gasteiger partial charge on any atom is 0.121 e. The van der Waals surface area contributed by atoms with Crippen LogP contribution in [0.25, 0.3) is 11.0 Å². The van der Waals surface area contributed by atoms with E-state index in [2.05, 4.69) is 26.3 Å². The Balaban J connectivity index is 0.000000153. The quantitative estimate of drug-likeness (QED) is 0.321. The first-order valence-corrected chi connectivity index (χ1v) is 11.8. The minimum absolute atomic E-state index is 0.322. The average Bonchev–Trinajstić information content (AvgIpc) is 3.28. The zero-order chi connectivity index (χ0) is 23.1. The second-order valence-corrected chi connectivity index (χ2v) is 8.03. The van der Waals surface area contributed by atoms with Gasteiger partial charge in [0.1, 0.15) is 11.6 Å². The number of imidazole rings is 1. The minimum atomic E-state index is 0.322. The lowest BCUT2D eigenvalue weighted by Gasteiger charge is -2.12. The highest BCUT2D eigenvalue weighted by molar-refractivity contribution is 5.74. The molecule has 5 N–H and O–H groups in total. The maximum absolute atomic E-state index is 8.63. The van der Waals surface area contributed by atoms with Gasteiger partial charge >= 0.3 is 0 Å². The molecule has 0 amide bonds. The van der Waals surface area contributed by atoms with Gasteiger partial charge in [-0.2, -0.15) is 0 Å². The van der Waals surface area contributed by atoms with E-state index in [9.17, 15) is 0 Å². The van der Waals surface area contributed by atoms with Gasteiger partial charge in [-0.25, -0.2) is 4.98 Å². The number of unbranched alkanes of at least 4 members (excludes halogenated alkanes) is 1. The first kappa shape index (κ1) is 24.4. The van der Waals surface area contributed by atoms with Crippen molar-refractivity contribution in [2.75, 3.05) is 13.1 Å². The molecule has 1 aliphatic carbocycles. The molecule has 6 nitrogen and oxygen atoms in total. The molecule has 0 atom stereocenters. The summed E-state index contributed by atoms with van der Waals surface area (Å²) in [6.07, 6.45) is 9.19. The minimum Gasteiger partial charge on any atom is -0.508 e. The number of aromatic hydroxyl groups is 1. The normalized spacial score (nSPS) is 12.2. The maximum atomic E-state index is 8.63. The molecule has 5 rings (SSSR count). The predicted molar refractivity (Wildman–Crippen MR) is 135 cm³/mol. The molecule has 0 spiro atoms. The fraction of sp³-hybridized carbons (Fsp3) is 0.333. The van der Waals surface area contributed by atoms with Crippen molar-refractivity contribution in [1.29, 1.82) is 0 Å². The van der Waals surface area contributed by atoms with E-state index in [0.717, 1.165) is 49.3 Å². The van der Waals surface area contributed by atoms with Crippen molar-refractivity contribution in [2.24, 2.45) is 5.73 Å². The van der Waals surface area contributed by atoms with E-state index in [4.69, 9.17) is 10.8 Å². The lowest BCUT2D eigenvalue weighted by molar-refractivity contribution is 0.475. The number of hydrogen-bond donors (Lipinski definition) is 4. The third-order valence-corrected chi connectivity index (χ3v) is 5.39. The van der Waals surface area contributed by atoms with Gasteiger partial charge in [-0.05, 0) is 87.5 Å². The molecule has 33 heavy (non-hydrogen) atoms.